The maximum absolute atomic E-state index is 11.9. The molecule has 1 N–H and O–H groups in total. The lowest BCUT2D eigenvalue weighted by atomic mass is 9.98. The summed E-state index contributed by atoms with van der Waals surface area (Å²) in [6.07, 6.45) is -6.79. The van der Waals surface area contributed by atoms with Crippen LogP contribution in [-0.2, 0) is 42.9 Å². The minimum atomic E-state index is -1.46. The molecule has 0 unspecified atom stereocenters. The van der Waals surface area contributed by atoms with Gasteiger partial charge in [-0.3, -0.25) is 19.2 Å². The first-order valence-electron chi connectivity index (χ1n) is 10.4. The highest BCUT2D eigenvalue weighted by Gasteiger charge is 2.53. The number of benzene rings is 1. The third-order valence-electron chi connectivity index (χ3n) is 4.63. The molecule has 13 heteroatoms. The number of carbonyl (C=O) groups excluding carboxylic acids is 4. The number of phenols is 1. The lowest BCUT2D eigenvalue weighted by Crippen LogP contribution is -2.63. The van der Waals surface area contributed by atoms with Crippen LogP contribution in [-0.4, -0.2) is 80.5 Å². The van der Waals surface area contributed by atoms with Crippen LogP contribution in [0.1, 0.15) is 27.7 Å². The minimum Gasteiger partial charge on any atom is -0.504 e. The van der Waals surface area contributed by atoms with Gasteiger partial charge in [-0.25, -0.2) is 0 Å². The predicted molar refractivity (Wildman–Crippen MR) is 114 cm³/mol. The Bertz CT molecular complexity index is 944. The number of esters is 4. The van der Waals surface area contributed by atoms with E-state index in [1.165, 1.54) is 26.4 Å². The predicted octanol–water partition coefficient (Wildman–Crippen LogP) is 0.871. The Balaban J connectivity index is 2.52. The zero-order valence-corrected chi connectivity index (χ0v) is 20.1. The molecule has 1 aliphatic heterocycles. The number of methoxy groups -OCH3 is 2. The van der Waals surface area contributed by atoms with Crippen LogP contribution in [0.2, 0.25) is 0 Å². The van der Waals surface area contributed by atoms with Crippen LogP contribution in [0.3, 0.4) is 0 Å². The smallest absolute Gasteiger partial charge is 0.303 e. The lowest BCUT2D eigenvalue weighted by molar-refractivity contribution is -0.288. The molecule has 1 aromatic rings. The Morgan fingerprint density at radius 3 is 1.91 bits per heavy atom. The molecule has 13 nitrogen and oxygen atoms in total. The van der Waals surface area contributed by atoms with Crippen molar-refractivity contribution in [2.75, 3.05) is 20.8 Å². The fraction of sp³-hybridized carbons (Fsp3) is 0.545. The average molecular weight is 500 g/mol. The van der Waals surface area contributed by atoms with E-state index in [2.05, 4.69) is 0 Å². The van der Waals surface area contributed by atoms with Crippen molar-refractivity contribution < 1.29 is 62.2 Å². The number of phenolic OH excluding ortho intramolecular Hbond substituents is 1. The molecule has 35 heavy (non-hydrogen) atoms. The third-order valence-corrected chi connectivity index (χ3v) is 4.63. The van der Waals surface area contributed by atoms with Crippen LogP contribution in [0.15, 0.2) is 12.1 Å². The second kappa shape index (κ2) is 12.1. The zero-order chi connectivity index (χ0) is 26.3. The van der Waals surface area contributed by atoms with E-state index in [-0.39, 0.29) is 23.0 Å². The van der Waals surface area contributed by atoms with Crippen molar-refractivity contribution >= 4 is 23.9 Å². The van der Waals surface area contributed by atoms with Crippen molar-refractivity contribution in [3.63, 3.8) is 0 Å². The Labute approximate surface area is 201 Å². The fourth-order valence-electron chi connectivity index (χ4n) is 3.41. The molecule has 1 aromatic carbocycles. The molecule has 1 fully saturated rings. The van der Waals surface area contributed by atoms with E-state index in [9.17, 15) is 24.3 Å². The summed E-state index contributed by atoms with van der Waals surface area (Å²) in [7, 11) is 2.67. The molecule has 194 valence electrons. The van der Waals surface area contributed by atoms with Gasteiger partial charge in [0.1, 0.15) is 18.5 Å². The van der Waals surface area contributed by atoms with E-state index in [1.807, 2.05) is 0 Å². The molecule has 2 rings (SSSR count). The maximum atomic E-state index is 11.9. The lowest BCUT2D eigenvalue weighted by Gasteiger charge is -2.43. The molecule has 0 spiro atoms. The van der Waals surface area contributed by atoms with E-state index in [4.69, 9.17) is 37.9 Å². The average Bonchev–Trinajstić information content (AvgIpc) is 2.75. The molecule has 0 aromatic heterocycles. The van der Waals surface area contributed by atoms with Gasteiger partial charge in [0.2, 0.25) is 18.1 Å². The molecule has 0 saturated carbocycles. The van der Waals surface area contributed by atoms with E-state index in [1.54, 1.807) is 0 Å². The number of hydrogen-bond donors (Lipinski definition) is 1. The third kappa shape index (κ3) is 7.37. The first-order chi connectivity index (χ1) is 16.5. The van der Waals surface area contributed by atoms with Crippen molar-refractivity contribution in [3.05, 3.63) is 12.1 Å². The van der Waals surface area contributed by atoms with Crippen LogP contribution in [0.4, 0.5) is 0 Å². The van der Waals surface area contributed by atoms with Crippen molar-refractivity contribution in [3.8, 4) is 23.0 Å². The minimum absolute atomic E-state index is 0.000972. The molecule has 1 aliphatic rings. The highest BCUT2D eigenvalue weighted by atomic mass is 16.7. The van der Waals surface area contributed by atoms with Gasteiger partial charge in [-0.2, -0.15) is 0 Å². The first-order valence-corrected chi connectivity index (χ1v) is 10.4. The van der Waals surface area contributed by atoms with Gasteiger partial charge in [-0.15, -0.1) is 0 Å². The van der Waals surface area contributed by atoms with Crippen LogP contribution < -0.4 is 14.2 Å². The van der Waals surface area contributed by atoms with Crippen LogP contribution in [0.5, 0.6) is 23.0 Å². The Hall–Kier alpha value is -3.74. The monoisotopic (exact) mass is 500 g/mol. The number of hydrogen-bond acceptors (Lipinski definition) is 13. The highest BCUT2D eigenvalue weighted by molar-refractivity contribution is 5.68. The molecule has 0 amide bonds. The summed E-state index contributed by atoms with van der Waals surface area (Å²) in [6, 6.07) is 2.56. The first kappa shape index (κ1) is 27.5. The van der Waals surface area contributed by atoms with E-state index in [0.29, 0.717) is 0 Å². The Morgan fingerprint density at radius 1 is 0.829 bits per heavy atom. The molecule has 0 radical (unpaired) electrons. The normalized spacial score (nSPS) is 23.4. The summed E-state index contributed by atoms with van der Waals surface area (Å²) < 4.78 is 42.9. The topological polar surface area (TPSA) is 162 Å². The summed E-state index contributed by atoms with van der Waals surface area (Å²) in [5.41, 5.74) is 0. The van der Waals surface area contributed by atoms with Crippen LogP contribution in [0.25, 0.3) is 0 Å². The summed E-state index contributed by atoms with van der Waals surface area (Å²) >= 11 is 0. The van der Waals surface area contributed by atoms with Crippen molar-refractivity contribution in [2.24, 2.45) is 0 Å². The fourth-order valence-corrected chi connectivity index (χ4v) is 3.41. The van der Waals surface area contributed by atoms with Gasteiger partial charge in [-0.05, 0) is 0 Å². The van der Waals surface area contributed by atoms with Gasteiger partial charge in [-0.1, -0.05) is 0 Å². The second-order valence-electron chi connectivity index (χ2n) is 7.36. The number of rotatable bonds is 9. The second-order valence-corrected chi connectivity index (χ2v) is 7.36. The molecule has 0 aliphatic carbocycles. The summed E-state index contributed by atoms with van der Waals surface area (Å²) in [5.74, 6) is -3.12. The Morgan fingerprint density at radius 2 is 1.40 bits per heavy atom. The molecule has 1 heterocycles. The van der Waals surface area contributed by atoms with E-state index < -0.39 is 61.2 Å². The SMILES string of the molecule is COc1cc(O[C@@H]2O[C@H](COC(C)=O)[C@@H](OC(C)=O)[C@H](OC(C)=O)[C@H]2OC(C)=O)cc(O)c1OC. The van der Waals surface area contributed by atoms with Gasteiger partial charge < -0.3 is 43.0 Å². The Kier molecular flexibility index (Phi) is 9.51. The number of aromatic hydroxyl groups is 1. The molecular weight excluding hydrogens is 472 g/mol. The summed E-state index contributed by atoms with van der Waals surface area (Å²) in [4.78, 5) is 46.9. The van der Waals surface area contributed by atoms with Crippen molar-refractivity contribution in [1.29, 1.82) is 0 Å². The maximum Gasteiger partial charge on any atom is 0.303 e. The van der Waals surface area contributed by atoms with Gasteiger partial charge in [0.15, 0.2) is 23.7 Å². The number of ether oxygens (including phenoxy) is 8. The highest BCUT2D eigenvalue weighted by Crippen LogP contribution is 2.41. The van der Waals surface area contributed by atoms with Crippen LogP contribution in [0, 0.1) is 0 Å². The molecule has 1 saturated heterocycles. The standard InChI is InChI=1S/C22H28O13/c1-10(23)30-9-17-19(31-11(2)24)20(32-12(3)25)21(33-13(4)26)22(35-17)34-14-7-15(27)18(29-6)16(8-14)28-5/h7-8,17,19-22,27H,9H2,1-6H3/t17-,19-,20+,21-,22-/m1/s1. The molecule has 5 atom stereocenters. The van der Waals surface area contributed by atoms with Gasteiger partial charge in [0.25, 0.3) is 0 Å². The van der Waals surface area contributed by atoms with Gasteiger partial charge in [0.05, 0.1) is 14.2 Å². The van der Waals surface area contributed by atoms with Crippen molar-refractivity contribution in [2.45, 2.75) is 58.4 Å². The molecular formula is C22H28O13. The zero-order valence-electron chi connectivity index (χ0n) is 20.1. The number of carbonyl (C=O) groups is 4. The van der Waals surface area contributed by atoms with Crippen molar-refractivity contribution in [1.82, 2.24) is 0 Å². The van der Waals surface area contributed by atoms with Gasteiger partial charge in [0, 0.05) is 39.8 Å². The van der Waals surface area contributed by atoms with E-state index >= 15 is 0 Å². The molecule has 0 bridgehead atoms. The largest absolute Gasteiger partial charge is 0.504 e. The van der Waals surface area contributed by atoms with Gasteiger partial charge >= 0.3 is 23.9 Å². The summed E-state index contributed by atoms with van der Waals surface area (Å²) in [5, 5.41) is 10.3. The summed E-state index contributed by atoms with van der Waals surface area (Å²) in [6.45, 7) is 4.08. The van der Waals surface area contributed by atoms with Crippen LogP contribution >= 0.6 is 0 Å². The van der Waals surface area contributed by atoms with E-state index in [0.717, 1.165) is 27.7 Å². The quantitative estimate of drug-likeness (QED) is 0.376.